The SMILES string of the molecule is O=C1C=CC(=O)C2C1C1(Cl)C(Cl)=C(Cl)C2(Cl)C1(Cl)Cl. The summed E-state index contributed by atoms with van der Waals surface area (Å²) in [6.45, 7) is 0. The van der Waals surface area contributed by atoms with Crippen LogP contribution in [-0.4, -0.2) is 25.6 Å². The minimum absolute atomic E-state index is 0.0754. The Hall–Kier alpha value is 0.560. The van der Waals surface area contributed by atoms with Crippen LogP contribution < -0.4 is 0 Å². The molecule has 3 rings (SSSR count). The molecular weight excluding hydrogens is 377 g/mol. The number of ketones is 2. The van der Waals surface area contributed by atoms with Crippen LogP contribution in [0.15, 0.2) is 22.2 Å². The van der Waals surface area contributed by atoms with E-state index in [-0.39, 0.29) is 10.1 Å². The second-order valence-corrected chi connectivity index (χ2v) is 7.99. The molecule has 4 atom stereocenters. The van der Waals surface area contributed by atoms with Crippen LogP contribution in [0.5, 0.6) is 0 Å². The molecule has 0 amide bonds. The van der Waals surface area contributed by atoms with Crippen molar-refractivity contribution in [2.45, 2.75) is 14.1 Å². The van der Waals surface area contributed by atoms with Crippen LogP contribution in [0.1, 0.15) is 0 Å². The fraction of sp³-hybridized carbons (Fsp3) is 0.455. The second-order valence-electron chi connectivity index (χ2n) is 4.72. The molecule has 2 bridgehead atoms. The average molecular weight is 381 g/mol. The lowest BCUT2D eigenvalue weighted by atomic mass is 9.74. The van der Waals surface area contributed by atoms with Crippen molar-refractivity contribution < 1.29 is 9.59 Å². The molecule has 0 aliphatic heterocycles. The molecule has 0 N–H and O–H groups in total. The highest BCUT2D eigenvalue weighted by atomic mass is 35.5. The molecule has 3 aliphatic rings. The number of carbonyl (C=O) groups excluding carboxylic acids is 2. The second kappa shape index (κ2) is 3.85. The predicted molar refractivity (Wildman–Crippen MR) is 76.5 cm³/mol. The van der Waals surface area contributed by atoms with Crippen molar-refractivity contribution in [2.75, 3.05) is 0 Å². The Morgan fingerprint density at radius 1 is 0.789 bits per heavy atom. The quantitative estimate of drug-likeness (QED) is 0.599. The Morgan fingerprint density at radius 3 is 1.42 bits per heavy atom. The first-order valence-electron chi connectivity index (χ1n) is 5.19. The summed E-state index contributed by atoms with van der Waals surface area (Å²) in [5.41, 5.74) is 0. The minimum atomic E-state index is -1.86. The molecule has 0 spiro atoms. The summed E-state index contributed by atoms with van der Waals surface area (Å²) in [7, 11) is 0. The van der Waals surface area contributed by atoms with E-state index in [9.17, 15) is 9.59 Å². The van der Waals surface area contributed by atoms with Crippen molar-refractivity contribution in [3.8, 4) is 0 Å². The van der Waals surface area contributed by atoms with Gasteiger partial charge in [-0.1, -0.05) is 46.4 Å². The van der Waals surface area contributed by atoms with E-state index in [1.54, 1.807) is 0 Å². The average Bonchev–Trinajstić information content (AvgIpc) is 2.55. The van der Waals surface area contributed by atoms with Gasteiger partial charge in [-0.2, -0.15) is 0 Å². The molecule has 2 nitrogen and oxygen atoms in total. The maximum absolute atomic E-state index is 12.1. The molecule has 4 unspecified atom stereocenters. The molecule has 0 saturated heterocycles. The highest BCUT2D eigenvalue weighted by Gasteiger charge is 2.84. The van der Waals surface area contributed by atoms with Gasteiger partial charge in [-0.15, -0.1) is 23.2 Å². The molecule has 102 valence electrons. The number of carbonyl (C=O) groups is 2. The van der Waals surface area contributed by atoms with Gasteiger partial charge in [-0.3, -0.25) is 9.59 Å². The highest BCUT2D eigenvalue weighted by molar-refractivity contribution is 6.66. The van der Waals surface area contributed by atoms with Crippen LogP contribution in [-0.2, 0) is 9.59 Å². The van der Waals surface area contributed by atoms with Gasteiger partial charge in [-0.05, 0) is 12.2 Å². The van der Waals surface area contributed by atoms with Crippen molar-refractivity contribution in [3.05, 3.63) is 22.2 Å². The largest absolute Gasteiger partial charge is 0.294 e. The van der Waals surface area contributed by atoms with Crippen molar-refractivity contribution in [3.63, 3.8) is 0 Å². The van der Waals surface area contributed by atoms with Crippen molar-refractivity contribution >= 4 is 81.2 Å². The van der Waals surface area contributed by atoms with Crippen LogP contribution in [0.2, 0.25) is 0 Å². The number of rotatable bonds is 0. The zero-order valence-electron chi connectivity index (χ0n) is 8.89. The lowest BCUT2D eigenvalue weighted by Crippen LogP contribution is -2.46. The summed E-state index contributed by atoms with van der Waals surface area (Å²) in [5, 5.41) is -0.151. The molecule has 1 fully saturated rings. The third-order valence-electron chi connectivity index (χ3n) is 3.96. The molecular formula is C11H4Cl6O2. The summed E-state index contributed by atoms with van der Waals surface area (Å²) < 4.78 is -1.86. The molecule has 1 saturated carbocycles. The first-order chi connectivity index (χ1) is 8.61. The van der Waals surface area contributed by atoms with Gasteiger partial charge in [-0.25, -0.2) is 0 Å². The van der Waals surface area contributed by atoms with Gasteiger partial charge < -0.3 is 0 Å². The lowest BCUT2D eigenvalue weighted by molar-refractivity contribution is -0.128. The minimum Gasteiger partial charge on any atom is -0.294 e. The van der Waals surface area contributed by atoms with Crippen LogP contribution in [0, 0.1) is 11.8 Å². The topological polar surface area (TPSA) is 34.1 Å². The Kier molecular flexibility index (Phi) is 2.94. The van der Waals surface area contributed by atoms with Crippen LogP contribution in [0.4, 0.5) is 0 Å². The van der Waals surface area contributed by atoms with E-state index in [4.69, 9.17) is 69.6 Å². The smallest absolute Gasteiger partial charge is 0.167 e. The summed E-state index contributed by atoms with van der Waals surface area (Å²) in [6, 6.07) is 0. The third-order valence-corrected chi connectivity index (χ3v) is 8.22. The third kappa shape index (κ3) is 1.26. The van der Waals surface area contributed by atoms with E-state index in [1.165, 1.54) is 0 Å². The van der Waals surface area contributed by atoms with Gasteiger partial charge in [0.2, 0.25) is 0 Å². The predicted octanol–water partition coefficient (Wildman–Crippen LogP) is 3.77. The Morgan fingerprint density at radius 2 is 1.11 bits per heavy atom. The van der Waals surface area contributed by atoms with Gasteiger partial charge in [0, 0.05) is 0 Å². The van der Waals surface area contributed by atoms with Crippen molar-refractivity contribution in [1.29, 1.82) is 0 Å². The number of hydrogen-bond donors (Lipinski definition) is 0. The highest BCUT2D eigenvalue weighted by Crippen LogP contribution is 2.76. The van der Waals surface area contributed by atoms with Gasteiger partial charge in [0.25, 0.3) is 0 Å². The number of halogens is 6. The number of fused-ring (bicyclic) bond motifs is 5. The summed E-state index contributed by atoms with van der Waals surface area (Å²) in [5.74, 6) is -2.83. The number of allylic oxidation sites excluding steroid dienone is 4. The molecule has 19 heavy (non-hydrogen) atoms. The van der Waals surface area contributed by atoms with E-state index >= 15 is 0 Å². The van der Waals surface area contributed by atoms with E-state index in [0.717, 1.165) is 12.2 Å². The molecule has 0 radical (unpaired) electrons. The number of alkyl halides is 4. The van der Waals surface area contributed by atoms with Crippen LogP contribution in [0.3, 0.4) is 0 Å². The zero-order chi connectivity index (χ0) is 14.4. The number of hydrogen-bond acceptors (Lipinski definition) is 2. The van der Waals surface area contributed by atoms with Crippen molar-refractivity contribution in [1.82, 2.24) is 0 Å². The molecule has 0 aromatic rings. The summed E-state index contributed by atoms with van der Waals surface area (Å²) in [6.07, 6.45) is 2.27. The molecule has 0 aromatic heterocycles. The normalized spacial score (nSPS) is 47.1. The molecule has 0 heterocycles. The van der Waals surface area contributed by atoms with Crippen LogP contribution in [0.25, 0.3) is 0 Å². The van der Waals surface area contributed by atoms with Gasteiger partial charge in [0.15, 0.2) is 15.9 Å². The Labute approximate surface area is 138 Å². The molecule has 0 aromatic carbocycles. The summed E-state index contributed by atoms with van der Waals surface area (Å²) in [4.78, 5) is 20.8. The maximum atomic E-state index is 12.1. The Bertz CT molecular complexity index is 546. The maximum Gasteiger partial charge on any atom is 0.167 e. The van der Waals surface area contributed by atoms with Crippen molar-refractivity contribution in [2.24, 2.45) is 11.8 Å². The van der Waals surface area contributed by atoms with E-state index in [1.807, 2.05) is 0 Å². The van der Waals surface area contributed by atoms with E-state index in [0.29, 0.717) is 0 Å². The summed E-state index contributed by atoms with van der Waals surface area (Å²) >= 11 is 37.6. The fourth-order valence-electron chi connectivity index (χ4n) is 3.07. The zero-order valence-corrected chi connectivity index (χ0v) is 13.4. The lowest BCUT2D eigenvalue weighted by Gasteiger charge is -2.35. The first-order valence-corrected chi connectivity index (χ1v) is 7.46. The van der Waals surface area contributed by atoms with Gasteiger partial charge in [0.05, 0.1) is 21.9 Å². The van der Waals surface area contributed by atoms with E-state index < -0.39 is 37.5 Å². The van der Waals surface area contributed by atoms with Gasteiger partial charge >= 0.3 is 0 Å². The molecule has 3 aliphatic carbocycles. The standard InChI is InChI=1S/C11H4Cl6O2/c12-7-8(13)10(15)6-4(19)2-1-3(18)5(6)9(7,14)11(10,16)17/h1-2,5-6H. The van der Waals surface area contributed by atoms with Gasteiger partial charge in [0.1, 0.15) is 9.75 Å². The monoisotopic (exact) mass is 378 g/mol. The fourth-order valence-corrected chi connectivity index (χ4v) is 6.03. The van der Waals surface area contributed by atoms with Crippen LogP contribution >= 0.6 is 69.6 Å². The molecule has 8 heteroatoms. The first kappa shape index (κ1) is 14.5. The Balaban J connectivity index is 2.38. The van der Waals surface area contributed by atoms with E-state index in [2.05, 4.69) is 0 Å².